The summed E-state index contributed by atoms with van der Waals surface area (Å²) in [5.41, 5.74) is 1.11. The highest BCUT2D eigenvalue weighted by atomic mass is 35.5. The molecule has 0 saturated carbocycles. The molecule has 7 heteroatoms. The maximum Gasteiger partial charge on any atom is 0.320 e. The van der Waals surface area contributed by atoms with Gasteiger partial charge in [0.2, 0.25) is 5.28 Å². The minimum atomic E-state index is 0.0448. The molecule has 5 nitrogen and oxygen atoms in total. The van der Waals surface area contributed by atoms with Crippen molar-refractivity contribution in [2.75, 3.05) is 7.11 Å². The van der Waals surface area contributed by atoms with Crippen LogP contribution in [0.3, 0.4) is 0 Å². The minimum absolute atomic E-state index is 0.0448. The first kappa shape index (κ1) is 14.1. The Morgan fingerprint density at radius 3 is 2.53 bits per heavy atom. The molecule has 0 aromatic carbocycles. The molecule has 0 aliphatic heterocycles. The molecule has 102 valence electrons. The van der Waals surface area contributed by atoms with Crippen molar-refractivity contribution in [3.05, 3.63) is 27.2 Å². The number of hydrogen-bond donors (Lipinski definition) is 0. The number of rotatable bonds is 3. The van der Waals surface area contributed by atoms with Gasteiger partial charge in [0.05, 0.1) is 19.2 Å². The number of methoxy groups -OCH3 is 1. The van der Waals surface area contributed by atoms with Crippen LogP contribution in [0.4, 0.5) is 0 Å². The highest BCUT2D eigenvalue weighted by molar-refractivity contribution is 7.09. The van der Waals surface area contributed by atoms with Gasteiger partial charge in [0, 0.05) is 10.8 Å². The molecule has 2 aromatic rings. The first-order valence-electron chi connectivity index (χ1n) is 5.78. The first-order valence-corrected chi connectivity index (χ1v) is 7.03. The van der Waals surface area contributed by atoms with Gasteiger partial charge in [0.25, 0.3) is 0 Å². The van der Waals surface area contributed by atoms with Gasteiger partial charge in [-0.05, 0) is 11.6 Å². The summed E-state index contributed by atoms with van der Waals surface area (Å²) in [7, 11) is 1.50. The summed E-state index contributed by atoms with van der Waals surface area (Å²) in [4.78, 5) is 16.7. The molecule has 0 aliphatic carbocycles. The lowest BCUT2D eigenvalue weighted by atomic mass is 9.93. The lowest BCUT2D eigenvalue weighted by Crippen LogP contribution is -2.11. The van der Waals surface area contributed by atoms with Crippen LogP contribution >= 0.6 is 22.9 Å². The highest BCUT2D eigenvalue weighted by Crippen LogP contribution is 2.24. The standard InChI is InChI=1S/C12H15ClN4OS/c1-12(2,3)7-6-19-9(14-7)5-8-15-10(13)17-11(16-8)18-4/h6H,5H2,1-4H3. The normalized spacial score (nSPS) is 11.6. The molecule has 0 spiro atoms. The Balaban J connectivity index is 2.21. The third kappa shape index (κ3) is 3.61. The van der Waals surface area contributed by atoms with Gasteiger partial charge in [-0.3, -0.25) is 0 Å². The monoisotopic (exact) mass is 298 g/mol. The molecular formula is C12H15ClN4OS. The summed E-state index contributed by atoms with van der Waals surface area (Å²) in [6.07, 6.45) is 0.527. The van der Waals surface area contributed by atoms with Crippen molar-refractivity contribution in [3.63, 3.8) is 0 Å². The number of nitrogens with zero attached hydrogens (tertiary/aromatic N) is 4. The van der Waals surface area contributed by atoms with Crippen LogP contribution in [0.25, 0.3) is 0 Å². The Bertz CT molecular complexity index is 579. The van der Waals surface area contributed by atoms with E-state index in [0.29, 0.717) is 12.2 Å². The molecule has 0 N–H and O–H groups in total. The Kier molecular flexibility index (Phi) is 4.01. The molecule has 0 aliphatic rings. The Labute approximate surface area is 121 Å². The van der Waals surface area contributed by atoms with Gasteiger partial charge in [0.15, 0.2) is 0 Å². The lowest BCUT2D eigenvalue weighted by molar-refractivity contribution is 0.376. The summed E-state index contributed by atoms with van der Waals surface area (Å²) in [5.74, 6) is 0.562. The first-order chi connectivity index (χ1) is 8.88. The van der Waals surface area contributed by atoms with Gasteiger partial charge in [-0.2, -0.15) is 9.97 Å². The zero-order valence-electron chi connectivity index (χ0n) is 11.3. The van der Waals surface area contributed by atoms with Crippen molar-refractivity contribution >= 4 is 22.9 Å². The molecule has 0 amide bonds. The number of aromatic nitrogens is 4. The maximum absolute atomic E-state index is 5.81. The van der Waals surface area contributed by atoms with Gasteiger partial charge < -0.3 is 4.74 Å². The highest BCUT2D eigenvalue weighted by Gasteiger charge is 2.18. The minimum Gasteiger partial charge on any atom is -0.467 e. The Morgan fingerprint density at radius 1 is 1.21 bits per heavy atom. The van der Waals surface area contributed by atoms with Crippen molar-refractivity contribution < 1.29 is 4.74 Å². The van der Waals surface area contributed by atoms with Crippen LogP contribution in [0.15, 0.2) is 5.38 Å². The van der Waals surface area contributed by atoms with Crippen molar-refractivity contribution in [2.24, 2.45) is 0 Å². The third-order valence-corrected chi connectivity index (χ3v) is 3.46. The van der Waals surface area contributed by atoms with E-state index in [4.69, 9.17) is 16.3 Å². The average molecular weight is 299 g/mol. The molecule has 2 heterocycles. The fourth-order valence-electron chi connectivity index (χ4n) is 1.41. The number of halogens is 1. The van der Waals surface area contributed by atoms with E-state index < -0.39 is 0 Å². The van der Waals surface area contributed by atoms with Crippen LogP contribution in [-0.4, -0.2) is 27.0 Å². The van der Waals surface area contributed by atoms with Crippen molar-refractivity contribution in [1.82, 2.24) is 19.9 Å². The Morgan fingerprint density at radius 2 is 1.95 bits per heavy atom. The summed E-state index contributed by atoms with van der Waals surface area (Å²) < 4.78 is 4.97. The summed E-state index contributed by atoms with van der Waals surface area (Å²) >= 11 is 7.41. The zero-order chi connectivity index (χ0) is 14.0. The van der Waals surface area contributed by atoms with Crippen LogP contribution in [0.5, 0.6) is 6.01 Å². The lowest BCUT2D eigenvalue weighted by Gasteiger charge is -2.14. The number of hydrogen-bond acceptors (Lipinski definition) is 6. The molecule has 0 atom stereocenters. The average Bonchev–Trinajstić information content (AvgIpc) is 2.76. The molecule has 0 bridgehead atoms. The van der Waals surface area contributed by atoms with Gasteiger partial charge in [-0.15, -0.1) is 11.3 Å². The zero-order valence-corrected chi connectivity index (χ0v) is 12.8. The van der Waals surface area contributed by atoms with Crippen molar-refractivity contribution in [1.29, 1.82) is 0 Å². The predicted octanol–water partition coefficient (Wildman–Crippen LogP) is 2.88. The summed E-state index contributed by atoms with van der Waals surface area (Å²) in [6.45, 7) is 6.40. The van der Waals surface area contributed by atoms with Crippen LogP contribution in [0, 0.1) is 0 Å². The molecule has 0 unspecified atom stereocenters. The number of ether oxygens (including phenoxy) is 1. The smallest absolute Gasteiger partial charge is 0.320 e. The van der Waals surface area contributed by atoms with E-state index in [0.717, 1.165) is 10.7 Å². The molecule has 19 heavy (non-hydrogen) atoms. The second-order valence-corrected chi connectivity index (χ2v) is 6.34. The van der Waals surface area contributed by atoms with E-state index in [1.54, 1.807) is 11.3 Å². The van der Waals surface area contributed by atoms with Gasteiger partial charge in [0.1, 0.15) is 10.8 Å². The quantitative estimate of drug-likeness (QED) is 0.872. The van der Waals surface area contributed by atoms with E-state index in [9.17, 15) is 0 Å². The van der Waals surface area contributed by atoms with Crippen LogP contribution < -0.4 is 4.74 Å². The SMILES string of the molecule is COc1nc(Cl)nc(Cc2nc(C(C)(C)C)cs2)n1. The molecular weight excluding hydrogens is 284 g/mol. The van der Waals surface area contributed by atoms with E-state index in [1.807, 2.05) is 0 Å². The number of thiazole rings is 1. The largest absolute Gasteiger partial charge is 0.467 e. The van der Waals surface area contributed by atoms with E-state index >= 15 is 0 Å². The molecule has 0 saturated heterocycles. The molecule has 2 aromatic heterocycles. The second kappa shape index (κ2) is 5.38. The van der Waals surface area contributed by atoms with Crippen molar-refractivity contribution in [2.45, 2.75) is 32.6 Å². The van der Waals surface area contributed by atoms with Gasteiger partial charge >= 0.3 is 6.01 Å². The van der Waals surface area contributed by atoms with Gasteiger partial charge in [-0.25, -0.2) is 9.97 Å². The molecule has 0 fully saturated rings. The third-order valence-electron chi connectivity index (χ3n) is 2.45. The van der Waals surface area contributed by atoms with Gasteiger partial charge in [-0.1, -0.05) is 20.8 Å². The topological polar surface area (TPSA) is 60.8 Å². The fourth-order valence-corrected chi connectivity index (χ4v) is 2.60. The van der Waals surface area contributed by atoms with Crippen molar-refractivity contribution in [3.8, 4) is 6.01 Å². The van der Waals surface area contributed by atoms with E-state index in [1.165, 1.54) is 7.11 Å². The van der Waals surface area contributed by atoms with Crippen LogP contribution in [0.1, 0.15) is 37.3 Å². The Hall–Kier alpha value is -1.27. The molecule has 2 rings (SSSR count). The van der Waals surface area contributed by atoms with E-state index in [-0.39, 0.29) is 16.7 Å². The fraction of sp³-hybridized carbons (Fsp3) is 0.500. The second-order valence-electron chi connectivity index (χ2n) is 5.06. The maximum atomic E-state index is 5.81. The van der Waals surface area contributed by atoms with E-state index in [2.05, 4.69) is 46.1 Å². The van der Waals surface area contributed by atoms with Crippen LogP contribution in [-0.2, 0) is 11.8 Å². The van der Waals surface area contributed by atoms with Crippen LogP contribution in [0.2, 0.25) is 5.28 Å². The predicted molar refractivity (Wildman–Crippen MR) is 75.0 cm³/mol. The summed E-state index contributed by atoms with van der Waals surface area (Å²) in [5, 5.41) is 3.15. The molecule has 0 radical (unpaired) electrons. The summed E-state index contributed by atoms with van der Waals surface area (Å²) in [6, 6.07) is 0.225.